The number of fused-ring (bicyclic) bond motifs is 4. The number of aromatic nitrogens is 4. The number of hydrogen-bond acceptors (Lipinski definition) is 4. The van der Waals surface area contributed by atoms with Crippen molar-refractivity contribution in [2.24, 2.45) is 0 Å². The number of pyridine rings is 2. The van der Waals surface area contributed by atoms with Crippen LogP contribution in [0.4, 0.5) is 0 Å². The van der Waals surface area contributed by atoms with Crippen LogP contribution in [-0.2, 0) is 0 Å². The first-order chi connectivity index (χ1) is 26.7. The molecule has 4 nitrogen and oxygen atoms in total. The second-order valence-corrected chi connectivity index (χ2v) is 13.5. The molecule has 252 valence electrons. The number of para-hydroxylation sites is 1. The lowest BCUT2D eigenvalue weighted by Crippen LogP contribution is -1.97. The molecule has 3 heterocycles. The van der Waals surface area contributed by atoms with Crippen LogP contribution < -0.4 is 0 Å². The Morgan fingerprint density at radius 1 is 0.278 bits per heavy atom. The maximum Gasteiger partial charge on any atom is 0.160 e. The second kappa shape index (κ2) is 13.4. The van der Waals surface area contributed by atoms with E-state index in [1.165, 1.54) is 11.1 Å². The molecule has 0 saturated carbocycles. The SMILES string of the molecule is c1ccc(-c2cc(-c3ccccc3)cc(-c3ccc4ccc5ccc(-c6cccc7c(-c8ccccc8)nc(-c8ccccc8)nc67)nc5c4n3)c2)cc1. The Bertz CT molecular complexity index is 2910. The Morgan fingerprint density at radius 2 is 0.759 bits per heavy atom. The molecule has 3 aromatic heterocycles. The Labute approximate surface area is 313 Å². The molecule has 0 aliphatic carbocycles. The second-order valence-electron chi connectivity index (χ2n) is 13.5. The Morgan fingerprint density at radius 3 is 1.35 bits per heavy atom. The van der Waals surface area contributed by atoms with Crippen molar-refractivity contribution in [2.75, 3.05) is 0 Å². The van der Waals surface area contributed by atoms with Gasteiger partial charge in [0.25, 0.3) is 0 Å². The third-order valence-electron chi connectivity index (χ3n) is 10.0. The summed E-state index contributed by atoms with van der Waals surface area (Å²) in [6, 6.07) is 67.4. The van der Waals surface area contributed by atoms with Crippen LogP contribution in [-0.4, -0.2) is 19.9 Å². The average Bonchev–Trinajstić information content (AvgIpc) is 3.26. The number of rotatable bonds is 6. The molecule has 0 saturated heterocycles. The van der Waals surface area contributed by atoms with Gasteiger partial charge in [-0.25, -0.2) is 19.9 Å². The molecule has 0 amide bonds. The number of benzene rings is 7. The van der Waals surface area contributed by atoms with E-state index in [0.717, 1.165) is 83.2 Å². The van der Waals surface area contributed by atoms with Gasteiger partial charge in [0.05, 0.1) is 33.6 Å². The summed E-state index contributed by atoms with van der Waals surface area (Å²) in [4.78, 5) is 21.0. The van der Waals surface area contributed by atoms with Gasteiger partial charge in [-0.1, -0.05) is 164 Å². The summed E-state index contributed by atoms with van der Waals surface area (Å²) in [5.41, 5.74) is 13.8. The van der Waals surface area contributed by atoms with Crippen molar-refractivity contribution < 1.29 is 0 Å². The number of nitrogens with zero attached hydrogens (tertiary/aromatic N) is 4. The van der Waals surface area contributed by atoms with Crippen molar-refractivity contribution >= 4 is 32.7 Å². The highest BCUT2D eigenvalue weighted by molar-refractivity contribution is 6.06. The lowest BCUT2D eigenvalue weighted by atomic mass is 9.94. The first kappa shape index (κ1) is 31.4. The molecule has 0 atom stereocenters. The minimum absolute atomic E-state index is 0.680. The third-order valence-corrected chi connectivity index (χ3v) is 10.0. The quantitative estimate of drug-likeness (QED) is 0.163. The minimum atomic E-state index is 0.680. The standard InChI is InChI=1S/C50H32N4/c1-5-14-33(15-6-1)39-30-40(34-16-7-2-8-17-34)32-41(31-39)44-28-26-36-24-25-37-27-29-45(52-48(37)47(36)51-44)42-22-13-23-43-46(35-18-9-3-10-19-35)53-50(54-49(42)43)38-20-11-4-12-21-38/h1-32H. The van der Waals surface area contributed by atoms with Gasteiger partial charge >= 0.3 is 0 Å². The van der Waals surface area contributed by atoms with E-state index in [9.17, 15) is 0 Å². The summed E-state index contributed by atoms with van der Waals surface area (Å²) in [5.74, 6) is 0.680. The molecule has 10 aromatic rings. The Hall–Kier alpha value is -7.30. The fourth-order valence-electron chi connectivity index (χ4n) is 7.34. The van der Waals surface area contributed by atoms with E-state index in [4.69, 9.17) is 19.9 Å². The Balaban J connectivity index is 1.16. The maximum atomic E-state index is 5.37. The first-order valence-electron chi connectivity index (χ1n) is 18.1. The molecule has 0 spiro atoms. The fourth-order valence-corrected chi connectivity index (χ4v) is 7.34. The highest BCUT2D eigenvalue weighted by Gasteiger charge is 2.17. The van der Waals surface area contributed by atoms with E-state index >= 15 is 0 Å². The van der Waals surface area contributed by atoms with E-state index in [0.29, 0.717) is 5.82 Å². The van der Waals surface area contributed by atoms with Crippen LogP contribution in [0.5, 0.6) is 0 Å². The topological polar surface area (TPSA) is 51.6 Å². The van der Waals surface area contributed by atoms with Crippen LogP contribution in [0.3, 0.4) is 0 Å². The maximum absolute atomic E-state index is 5.37. The molecule has 10 rings (SSSR count). The monoisotopic (exact) mass is 688 g/mol. The van der Waals surface area contributed by atoms with Crippen LogP contribution in [0, 0.1) is 0 Å². The summed E-state index contributed by atoms with van der Waals surface area (Å²) in [7, 11) is 0. The molecule has 0 radical (unpaired) electrons. The molecule has 54 heavy (non-hydrogen) atoms. The molecule has 0 aliphatic heterocycles. The van der Waals surface area contributed by atoms with Crippen LogP contribution in [0.15, 0.2) is 194 Å². The third kappa shape index (κ3) is 5.76. The molecule has 0 N–H and O–H groups in total. The predicted molar refractivity (Wildman–Crippen MR) is 223 cm³/mol. The van der Waals surface area contributed by atoms with Crippen LogP contribution in [0.2, 0.25) is 0 Å². The smallest absolute Gasteiger partial charge is 0.160 e. The zero-order chi connectivity index (χ0) is 35.8. The fraction of sp³-hybridized carbons (Fsp3) is 0. The van der Waals surface area contributed by atoms with Crippen molar-refractivity contribution in [3.63, 3.8) is 0 Å². The lowest BCUT2D eigenvalue weighted by Gasteiger charge is -2.13. The van der Waals surface area contributed by atoms with Crippen LogP contribution in [0.1, 0.15) is 0 Å². The van der Waals surface area contributed by atoms with Crippen molar-refractivity contribution in [2.45, 2.75) is 0 Å². The van der Waals surface area contributed by atoms with Crippen molar-refractivity contribution in [3.8, 4) is 67.4 Å². The molecule has 0 fully saturated rings. The average molecular weight is 689 g/mol. The van der Waals surface area contributed by atoms with Gasteiger partial charge in [0.2, 0.25) is 0 Å². The van der Waals surface area contributed by atoms with Gasteiger partial charge in [0.15, 0.2) is 5.82 Å². The molecule has 7 aromatic carbocycles. The Kier molecular flexibility index (Phi) is 7.77. The largest absolute Gasteiger partial charge is 0.245 e. The summed E-state index contributed by atoms with van der Waals surface area (Å²) in [6.07, 6.45) is 0. The van der Waals surface area contributed by atoms with Gasteiger partial charge in [-0.15, -0.1) is 0 Å². The summed E-state index contributed by atoms with van der Waals surface area (Å²) in [6.45, 7) is 0. The van der Waals surface area contributed by atoms with Gasteiger partial charge < -0.3 is 0 Å². The van der Waals surface area contributed by atoms with Gasteiger partial charge in [-0.2, -0.15) is 0 Å². The van der Waals surface area contributed by atoms with E-state index in [-0.39, 0.29) is 0 Å². The van der Waals surface area contributed by atoms with Gasteiger partial charge in [0.1, 0.15) is 0 Å². The molecule has 0 bridgehead atoms. The molecule has 0 aliphatic rings. The van der Waals surface area contributed by atoms with Gasteiger partial charge in [-0.3, -0.25) is 0 Å². The molecular weight excluding hydrogens is 657 g/mol. The van der Waals surface area contributed by atoms with Crippen molar-refractivity contribution in [1.29, 1.82) is 0 Å². The molecule has 4 heteroatoms. The zero-order valence-corrected chi connectivity index (χ0v) is 29.3. The summed E-state index contributed by atoms with van der Waals surface area (Å²) in [5, 5.41) is 3.05. The summed E-state index contributed by atoms with van der Waals surface area (Å²) < 4.78 is 0. The van der Waals surface area contributed by atoms with Crippen molar-refractivity contribution in [1.82, 2.24) is 19.9 Å². The highest BCUT2D eigenvalue weighted by Crippen LogP contribution is 2.37. The van der Waals surface area contributed by atoms with E-state index in [2.05, 4.69) is 158 Å². The van der Waals surface area contributed by atoms with E-state index in [1.807, 2.05) is 36.4 Å². The predicted octanol–water partition coefficient (Wildman–Crippen LogP) is 12.7. The van der Waals surface area contributed by atoms with Gasteiger partial charge in [-0.05, 0) is 52.6 Å². The first-order valence-corrected chi connectivity index (χ1v) is 18.1. The minimum Gasteiger partial charge on any atom is -0.245 e. The van der Waals surface area contributed by atoms with E-state index < -0.39 is 0 Å². The highest BCUT2D eigenvalue weighted by atomic mass is 14.9. The van der Waals surface area contributed by atoms with Crippen LogP contribution in [0.25, 0.3) is 100 Å². The van der Waals surface area contributed by atoms with E-state index in [1.54, 1.807) is 0 Å². The zero-order valence-electron chi connectivity index (χ0n) is 29.3. The normalized spacial score (nSPS) is 11.3. The molecule has 0 unspecified atom stereocenters. The van der Waals surface area contributed by atoms with Crippen LogP contribution >= 0.6 is 0 Å². The van der Waals surface area contributed by atoms with Crippen molar-refractivity contribution in [3.05, 3.63) is 194 Å². The van der Waals surface area contributed by atoms with Gasteiger partial charge in [0, 0.05) is 38.4 Å². The lowest BCUT2D eigenvalue weighted by molar-refractivity contribution is 1.23. The molecular formula is C50H32N4. The summed E-state index contributed by atoms with van der Waals surface area (Å²) >= 11 is 0. The number of hydrogen-bond donors (Lipinski definition) is 0.